The van der Waals surface area contributed by atoms with Crippen molar-refractivity contribution in [2.45, 2.75) is 303 Å². The molecule has 0 amide bonds. The topological polar surface area (TPSA) is 78.9 Å². The lowest BCUT2D eigenvalue weighted by atomic mass is 10.0. The second-order valence-corrected chi connectivity index (χ2v) is 19.6. The van der Waals surface area contributed by atoms with E-state index in [1.54, 1.807) is 0 Å². The molecule has 6 heteroatoms. The molecule has 394 valence electrons. The van der Waals surface area contributed by atoms with Crippen LogP contribution < -0.4 is 0 Å². The van der Waals surface area contributed by atoms with Crippen LogP contribution in [-0.4, -0.2) is 37.2 Å². The summed E-state index contributed by atoms with van der Waals surface area (Å²) < 4.78 is 16.8. The number of carbonyl (C=O) groups excluding carboxylic acids is 3. The maximum atomic E-state index is 12.8. The Balaban J connectivity index is 4.43. The van der Waals surface area contributed by atoms with Gasteiger partial charge in [0.1, 0.15) is 13.2 Å². The molecule has 0 aliphatic carbocycles. The van der Waals surface area contributed by atoms with E-state index in [0.717, 1.165) is 64.2 Å². The average molecular weight is 952 g/mol. The summed E-state index contributed by atoms with van der Waals surface area (Å²) in [7, 11) is 0. The molecule has 0 aromatic rings. The highest BCUT2D eigenvalue weighted by Gasteiger charge is 2.19. The standard InChI is InChI=1S/C62H110O6/c1-4-7-10-13-16-19-22-25-28-30-31-33-34-37-40-43-46-49-52-55-61(64)67-58-59(57-66-60(63)54-51-48-45-42-39-36-27-24-21-18-15-12-9-6-3)68-62(65)56-53-50-47-44-41-38-35-32-29-26-23-20-17-14-11-8-5-2/h17,20,26,29-31,35,38,44,47,59H,4-16,18-19,21-25,27-28,32-34,36-37,39-43,45-46,48-58H2,1-3H3/b20-17-,29-26-,31-30-,38-35-,47-44-/t59-/m1/s1. The van der Waals surface area contributed by atoms with E-state index < -0.39 is 6.10 Å². The number of allylic oxidation sites excluding steroid dienone is 10. The van der Waals surface area contributed by atoms with Crippen LogP contribution in [0.15, 0.2) is 60.8 Å². The zero-order valence-electron chi connectivity index (χ0n) is 45.1. The maximum absolute atomic E-state index is 12.8. The smallest absolute Gasteiger partial charge is 0.306 e. The van der Waals surface area contributed by atoms with Gasteiger partial charge >= 0.3 is 17.9 Å². The molecular formula is C62H110O6. The van der Waals surface area contributed by atoms with Gasteiger partial charge in [0.15, 0.2) is 6.10 Å². The third-order valence-corrected chi connectivity index (χ3v) is 12.7. The second kappa shape index (κ2) is 56.7. The van der Waals surface area contributed by atoms with E-state index in [0.29, 0.717) is 19.3 Å². The van der Waals surface area contributed by atoms with Crippen LogP contribution in [0.25, 0.3) is 0 Å². The molecule has 0 saturated carbocycles. The largest absolute Gasteiger partial charge is 0.462 e. The summed E-state index contributed by atoms with van der Waals surface area (Å²) in [4.78, 5) is 38.1. The fourth-order valence-corrected chi connectivity index (χ4v) is 8.31. The zero-order valence-corrected chi connectivity index (χ0v) is 45.1. The van der Waals surface area contributed by atoms with Gasteiger partial charge in [-0.2, -0.15) is 0 Å². The molecule has 0 heterocycles. The van der Waals surface area contributed by atoms with Gasteiger partial charge in [0.25, 0.3) is 0 Å². The summed E-state index contributed by atoms with van der Waals surface area (Å²) in [6.07, 6.45) is 70.7. The summed E-state index contributed by atoms with van der Waals surface area (Å²) in [6.45, 7) is 6.59. The predicted octanol–water partition coefficient (Wildman–Crippen LogP) is 19.6. The van der Waals surface area contributed by atoms with Crippen LogP contribution >= 0.6 is 0 Å². The number of rotatable bonds is 53. The fourth-order valence-electron chi connectivity index (χ4n) is 8.31. The Hall–Kier alpha value is -2.89. The maximum Gasteiger partial charge on any atom is 0.306 e. The van der Waals surface area contributed by atoms with Gasteiger partial charge in [-0.3, -0.25) is 14.4 Å². The Labute approximate surface area is 421 Å². The van der Waals surface area contributed by atoms with Crippen molar-refractivity contribution in [3.05, 3.63) is 60.8 Å². The van der Waals surface area contributed by atoms with E-state index in [4.69, 9.17) is 14.2 Å². The van der Waals surface area contributed by atoms with Gasteiger partial charge in [0.05, 0.1) is 0 Å². The number of ether oxygens (including phenoxy) is 3. The van der Waals surface area contributed by atoms with Crippen LogP contribution in [0.1, 0.15) is 297 Å². The minimum absolute atomic E-state index is 0.0946. The lowest BCUT2D eigenvalue weighted by molar-refractivity contribution is -0.167. The fraction of sp³-hybridized carbons (Fsp3) is 0.790. The van der Waals surface area contributed by atoms with Crippen LogP contribution in [0.2, 0.25) is 0 Å². The van der Waals surface area contributed by atoms with Crippen molar-refractivity contribution in [3.63, 3.8) is 0 Å². The summed E-state index contributed by atoms with van der Waals surface area (Å²) in [5, 5.41) is 0. The van der Waals surface area contributed by atoms with E-state index >= 15 is 0 Å². The number of hydrogen-bond acceptors (Lipinski definition) is 6. The molecule has 1 atom stereocenters. The lowest BCUT2D eigenvalue weighted by Crippen LogP contribution is -2.30. The Bertz CT molecular complexity index is 1230. The lowest BCUT2D eigenvalue weighted by Gasteiger charge is -2.18. The van der Waals surface area contributed by atoms with Crippen molar-refractivity contribution in [1.29, 1.82) is 0 Å². The van der Waals surface area contributed by atoms with E-state index in [-0.39, 0.29) is 37.5 Å². The molecule has 0 fully saturated rings. The van der Waals surface area contributed by atoms with Crippen LogP contribution in [0, 0.1) is 0 Å². The van der Waals surface area contributed by atoms with Gasteiger partial charge in [-0.15, -0.1) is 0 Å². The van der Waals surface area contributed by atoms with Gasteiger partial charge in [0, 0.05) is 19.3 Å². The highest BCUT2D eigenvalue weighted by Crippen LogP contribution is 2.16. The highest BCUT2D eigenvalue weighted by molar-refractivity contribution is 5.71. The Morgan fingerprint density at radius 2 is 0.544 bits per heavy atom. The van der Waals surface area contributed by atoms with Gasteiger partial charge in [-0.05, 0) is 83.5 Å². The van der Waals surface area contributed by atoms with Crippen LogP contribution in [0.3, 0.4) is 0 Å². The summed E-state index contributed by atoms with van der Waals surface area (Å²) >= 11 is 0. The summed E-state index contributed by atoms with van der Waals surface area (Å²) in [5.41, 5.74) is 0. The van der Waals surface area contributed by atoms with E-state index in [1.807, 2.05) is 0 Å². The third kappa shape index (κ3) is 54.1. The first-order valence-corrected chi connectivity index (χ1v) is 29.3. The van der Waals surface area contributed by atoms with Crippen molar-refractivity contribution >= 4 is 17.9 Å². The van der Waals surface area contributed by atoms with Gasteiger partial charge in [-0.1, -0.05) is 255 Å². The minimum Gasteiger partial charge on any atom is -0.462 e. The Morgan fingerprint density at radius 1 is 0.294 bits per heavy atom. The van der Waals surface area contributed by atoms with Crippen LogP contribution in [0.4, 0.5) is 0 Å². The normalized spacial score (nSPS) is 12.5. The number of unbranched alkanes of at least 4 members (excludes halogenated alkanes) is 32. The molecule has 0 saturated heterocycles. The van der Waals surface area contributed by atoms with E-state index in [9.17, 15) is 14.4 Å². The molecule has 68 heavy (non-hydrogen) atoms. The van der Waals surface area contributed by atoms with Gasteiger partial charge in [0.2, 0.25) is 0 Å². The van der Waals surface area contributed by atoms with Crippen molar-refractivity contribution in [2.24, 2.45) is 0 Å². The average Bonchev–Trinajstić information content (AvgIpc) is 3.34. The SMILES string of the molecule is CCCCC/C=C\C/C=C\C/C=C\C/C=C\CCCC(=O)O[C@@H](COC(=O)CCCCCCCCC/C=C\CCCCCCCCCC)COC(=O)CCCCCCCCCCCCCCCC. The highest BCUT2D eigenvalue weighted by atomic mass is 16.6. The van der Waals surface area contributed by atoms with E-state index in [2.05, 4.69) is 81.5 Å². The van der Waals surface area contributed by atoms with Gasteiger partial charge in [-0.25, -0.2) is 0 Å². The van der Waals surface area contributed by atoms with Crippen LogP contribution in [0.5, 0.6) is 0 Å². The predicted molar refractivity (Wildman–Crippen MR) is 293 cm³/mol. The first-order valence-electron chi connectivity index (χ1n) is 29.3. The first kappa shape index (κ1) is 65.1. The minimum atomic E-state index is -0.803. The van der Waals surface area contributed by atoms with Gasteiger partial charge < -0.3 is 14.2 Å². The quantitative estimate of drug-likeness (QED) is 0.0262. The van der Waals surface area contributed by atoms with Crippen molar-refractivity contribution < 1.29 is 28.6 Å². The Morgan fingerprint density at radius 3 is 0.912 bits per heavy atom. The summed E-state index contributed by atoms with van der Waals surface area (Å²) in [5.74, 6) is -0.943. The van der Waals surface area contributed by atoms with Crippen molar-refractivity contribution in [3.8, 4) is 0 Å². The molecule has 0 aromatic heterocycles. The molecule has 0 bridgehead atoms. The van der Waals surface area contributed by atoms with E-state index in [1.165, 1.54) is 186 Å². The number of esters is 3. The molecule has 0 aromatic carbocycles. The zero-order chi connectivity index (χ0) is 49.3. The molecule has 0 aliphatic rings. The number of hydrogen-bond donors (Lipinski definition) is 0. The molecular weight excluding hydrogens is 841 g/mol. The molecule has 0 spiro atoms. The molecule has 0 radical (unpaired) electrons. The van der Waals surface area contributed by atoms with Crippen molar-refractivity contribution in [1.82, 2.24) is 0 Å². The molecule has 0 unspecified atom stereocenters. The molecule has 0 aliphatic heterocycles. The molecule has 0 N–H and O–H groups in total. The summed E-state index contributed by atoms with van der Waals surface area (Å²) in [6, 6.07) is 0. The molecule has 0 rings (SSSR count). The first-order chi connectivity index (χ1) is 33.5. The third-order valence-electron chi connectivity index (χ3n) is 12.7. The molecule has 6 nitrogen and oxygen atoms in total. The second-order valence-electron chi connectivity index (χ2n) is 19.6. The van der Waals surface area contributed by atoms with Crippen LogP contribution in [-0.2, 0) is 28.6 Å². The number of carbonyl (C=O) groups is 3. The Kier molecular flexibility index (Phi) is 54.3. The monoisotopic (exact) mass is 951 g/mol. The van der Waals surface area contributed by atoms with Crippen molar-refractivity contribution in [2.75, 3.05) is 13.2 Å².